The second-order valence-electron chi connectivity index (χ2n) is 4.82. The van der Waals surface area contributed by atoms with Gasteiger partial charge in [0.25, 0.3) is 0 Å². The standard InChI is InChI=1S/C14H14N6O2S/c1-3-15-12-11(20(21)22)13(17-7-16-12)19-14-18-9-5-4-8(2)6-10(9)23-14/h4-7H,3H2,1-2H3,(H2,15,16,17,18,19). The average molecular weight is 330 g/mol. The molecule has 2 N–H and O–H groups in total. The zero-order chi connectivity index (χ0) is 16.4. The van der Waals surface area contributed by atoms with Crippen molar-refractivity contribution >= 4 is 44.0 Å². The summed E-state index contributed by atoms with van der Waals surface area (Å²) in [5.41, 5.74) is 1.78. The highest BCUT2D eigenvalue weighted by molar-refractivity contribution is 7.22. The van der Waals surface area contributed by atoms with Gasteiger partial charge in [0, 0.05) is 6.54 Å². The largest absolute Gasteiger partial charge is 0.364 e. The molecule has 0 spiro atoms. The lowest BCUT2D eigenvalue weighted by atomic mass is 10.2. The highest BCUT2D eigenvalue weighted by Gasteiger charge is 2.23. The third kappa shape index (κ3) is 3.04. The number of nitrogens with zero attached hydrogens (tertiary/aromatic N) is 4. The first-order valence-corrected chi connectivity index (χ1v) is 7.77. The van der Waals surface area contributed by atoms with Crippen molar-refractivity contribution in [2.45, 2.75) is 13.8 Å². The number of nitro groups is 1. The van der Waals surface area contributed by atoms with Crippen LogP contribution in [-0.2, 0) is 0 Å². The summed E-state index contributed by atoms with van der Waals surface area (Å²) in [5.74, 6) is 0.309. The van der Waals surface area contributed by atoms with Gasteiger partial charge in [-0.25, -0.2) is 15.0 Å². The molecule has 0 unspecified atom stereocenters. The summed E-state index contributed by atoms with van der Waals surface area (Å²) >= 11 is 1.42. The van der Waals surface area contributed by atoms with Gasteiger partial charge in [0.2, 0.25) is 11.6 Å². The first-order chi connectivity index (χ1) is 11.1. The number of aryl methyl sites for hydroxylation is 1. The van der Waals surface area contributed by atoms with Crippen molar-refractivity contribution in [2.75, 3.05) is 17.2 Å². The van der Waals surface area contributed by atoms with Gasteiger partial charge in [0.1, 0.15) is 6.33 Å². The molecule has 2 heterocycles. The zero-order valence-electron chi connectivity index (χ0n) is 12.5. The van der Waals surface area contributed by atoms with E-state index in [2.05, 4.69) is 25.6 Å². The van der Waals surface area contributed by atoms with Crippen LogP contribution in [0, 0.1) is 17.0 Å². The van der Waals surface area contributed by atoms with Crippen LogP contribution in [0.1, 0.15) is 12.5 Å². The molecule has 0 fully saturated rings. The van der Waals surface area contributed by atoms with Crippen molar-refractivity contribution in [1.82, 2.24) is 15.0 Å². The number of rotatable bonds is 5. The highest BCUT2D eigenvalue weighted by atomic mass is 32.1. The van der Waals surface area contributed by atoms with E-state index in [-0.39, 0.29) is 17.3 Å². The normalized spacial score (nSPS) is 10.7. The van der Waals surface area contributed by atoms with Gasteiger partial charge in [0.05, 0.1) is 15.1 Å². The molecule has 0 aliphatic rings. The molecule has 0 amide bonds. The van der Waals surface area contributed by atoms with Crippen molar-refractivity contribution in [3.63, 3.8) is 0 Å². The van der Waals surface area contributed by atoms with Crippen LogP contribution in [0.5, 0.6) is 0 Å². The molecule has 0 atom stereocenters. The fraction of sp³-hybridized carbons (Fsp3) is 0.214. The Morgan fingerprint density at radius 1 is 1.30 bits per heavy atom. The van der Waals surface area contributed by atoms with Gasteiger partial charge >= 0.3 is 5.69 Å². The Morgan fingerprint density at radius 2 is 2.09 bits per heavy atom. The third-order valence-corrected chi connectivity index (χ3v) is 4.05. The van der Waals surface area contributed by atoms with Gasteiger partial charge in [-0.15, -0.1) is 0 Å². The molecule has 0 saturated heterocycles. The lowest BCUT2D eigenvalue weighted by Crippen LogP contribution is -2.07. The summed E-state index contributed by atoms with van der Waals surface area (Å²) in [6, 6.07) is 5.92. The number of benzene rings is 1. The summed E-state index contributed by atoms with van der Waals surface area (Å²) in [4.78, 5) is 23.2. The van der Waals surface area contributed by atoms with Gasteiger partial charge in [0.15, 0.2) is 5.13 Å². The Balaban J connectivity index is 2.00. The van der Waals surface area contributed by atoms with E-state index < -0.39 is 4.92 Å². The van der Waals surface area contributed by atoms with Crippen LogP contribution in [-0.4, -0.2) is 26.4 Å². The van der Waals surface area contributed by atoms with Gasteiger partial charge in [-0.1, -0.05) is 17.4 Å². The van der Waals surface area contributed by atoms with Gasteiger partial charge in [-0.05, 0) is 31.5 Å². The summed E-state index contributed by atoms with van der Waals surface area (Å²) in [6.45, 7) is 4.37. The van der Waals surface area contributed by atoms with Crippen LogP contribution >= 0.6 is 11.3 Å². The quantitative estimate of drug-likeness (QED) is 0.545. The summed E-state index contributed by atoms with van der Waals surface area (Å²) in [6.07, 6.45) is 1.28. The molecule has 1 aromatic carbocycles. The molecule has 0 saturated carbocycles. The lowest BCUT2D eigenvalue weighted by molar-refractivity contribution is -0.383. The van der Waals surface area contributed by atoms with Crippen LogP contribution in [0.3, 0.4) is 0 Å². The molecule has 8 nitrogen and oxygen atoms in total. The predicted molar refractivity (Wildman–Crippen MR) is 90.5 cm³/mol. The third-order valence-electron chi connectivity index (χ3n) is 3.12. The van der Waals surface area contributed by atoms with Gasteiger partial charge in [-0.3, -0.25) is 10.1 Å². The number of thiazole rings is 1. The fourth-order valence-electron chi connectivity index (χ4n) is 2.13. The molecular formula is C14H14N6O2S. The molecule has 3 aromatic rings. The number of aromatic nitrogens is 3. The number of hydrogen-bond acceptors (Lipinski definition) is 8. The molecule has 118 valence electrons. The Morgan fingerprint density at radius 3 is 2.83 bits per heavy atom. The van der Waals surface area contributed by atoms with E-state index >= 15 is 0 Å². The maximum atomic E-state index is 11.4. The number of fused-ring (bicyclic) bond motifs is 1. The first kappa shape index (κ1) is 15.1. The first-order valence-electron chi connectivity index (χ1n) is 6.96. The Bertz CT molecular complexity index is 879. The molecule has 2 aromatic heterocycles. The van der Waals surface area contributed by atoms with Crippen LogP contribution in [0.4, 0.5) is 22.5 Å². The predicted octanol–water partition coefficient (Wildman–Crippen LogP) is 3.48. The number of hydrogen-bond donors (Lipinski definition) is 2. The van der Waals surface area contributed by atoms with Crippen molar-refractivity contribution in [1.29, 1.82) is 0 Å². The topological polar surface area (TPSA) is 106 Å². The summed E-state index contributed by atoms with van der Waals surface area (Å²) in [7, 11) is 0. The Labute approximate surface area is 135 Å². The number of anilines is 3. The molecule has 0 bridgehead atoms. The molecular weight excluding hydrogens is 316 g/mol. The average Bonchev–Trinajstić information content (AvgIpc) is 2.88. The molecule has 23 heavy (non-hydrogen) atoms. The lowest BCUT2D eigenvalue weighted by Gasteiger charge is -2.06. The summed E-state index contributed by atoms with van der Waals surface area (Å²) < 4.78 is 1.01. The van der Waals surface area contributed by atoms with Crippen LogP contribution < -0.4 is 10.6 Å². The SMILES string of the molecule is CCNc1ncnc(Nc2nc3ccc(C)cc3s2)c1[N+](=O)[O-]. The van der Waals surface area contributed by atoms with Crippen LogP contribution in [0.15, 0.2) is 24.5 Å². The molecule has 9 heteroatoms. The smallest absolute Gasteiger partial charge is 0.353 e. The zero-order valence-corrected chi connectivity index (χ0v) is 13.3. The van der Waals surface area contributed by atoms with Crippen molar-refractivity contribution in [2.24, 2.45) is 0 Å². The Hall–Kier alpha value is -2.81. The minimum Gasteiger partial charge on any atom is -0.364 e. The Kier molecular flexibility index (Phi) is 4.02. The van der Waals surface area contributed by atoms with E-state index in [0.29, 0.717) is 11.7 Å². The second-order valence-corrected chi connectivity index (χ2v) is 5.85. The molecule has 0 aliphatic heterocycles. The minimum atomic E-state index is -0.502. The van der Waals surface area contributed by atoms with E-state index in [1.54, 1.807) is 0 Å². The van der Waals surface area contributed by atoms with E-state index in [1.807, 2.05) is 32.0 Å². The maximum absolute atomic E-state index is 11.4. The fourth-order valence-corrected chi connectivity index (χ4v) is 3.09. The van der Waals surface area contributed by atoms with Gasteiger partial charge in [-0.2, -0.15) is 0 Å². The summed E-state index contributed by atoms with van der Waals surface area (Å²) in [5, 5.41) is 17.7. The number of nitrogens with one attached hydrogen (secondary N) is 2. The van der Waals surface area contributed by atoms with Crippen molar-refractivity contribution in [3.8, 4) is 0 Å². The van der Waals surface area contributed by atoms with Crippen molar-refractivity contribution in [3.05, 3.63) is 40.2 Å². The second kappa shape index (κ2) is 6.13. The minimum absolute atomic E-state index is 0.122. The van der Waals surface area contributed by atoms with Crippen molar-refractivity contribution < 1.29 is 4.92 Å². The molecule has 3 rings (SSSR count). The molecule has 0 aliphatic carbocycles. The van der Waals surface area contributed by atoms with E-state index in [4.69, 9.17) is 0 Å². The van der Waals surface area contributed by atoms with E-state index in [0.717, 1.165) is 15.8 Å². The van der Waals surface area contributed by atoms with Crippen LogP contribution in [0.25, 0.3) is 10.2 Å². The van der Waals surface area contributed by atoms with E-state index in [1.165, 1.54) is 17.7 Å². The van der Waals surface area contributed by atoms with Gasteiger partial charge < -0.3 is 10.6 Å². The van der Waals surface area contributed by atoms with E-state index in [9.17, 15) is 10.1 Å². The maximum Gasteiger partial charge on any atom is 0.353 e. The van der Waals surface area contributed by atoms with Crippen LogP contribution in [0.2, 0.25) is 0 Å². The highest BCUT2D eigenvalue weighted by Crippen LogP contribution is 2.34. The molecule has 0 radical (unpaired) electrons. The monoisotopic (exact) mass is 330 g/mol.